The molecule has 0 N–H and O–H groups in total. The number of rotatable bonds is 3. The van der Waals surface area contributed by atoms with Crippen LogP contribution in [0.5, 0.6) is 0 Å². The normalized spacial score (nSPS) is 14.8. The van der Waals surface area contributed by atoms with Crippen LogP contribution in [0.1, 0.15) is 5.56 Å². The minimum Gasteiger partial charge on any atom is -0.378 e. The third kappa shape index (κ3) is 3.12. The number of morpholine rings is 1. The summed E-state index contributed by atoms with van der Waals surface area (Å²) in [7, 11) is 3.93. The first-order valence-electron chi connectivity index (χ1n) is 8.60. The second kappa shape index (κ2) is 6.81. The smallest absolute Gasteiger partial charge is 0.185 e. The van der Waals surface area contributed by atoms with Crippen molar-refractivity contribution in [3.63, 3.8) is 0 Å². The van der Waals surface area contributed by atoms with Crippen molar-refractivity contribution < 1.29 is 9.13 Å². The summed E-state index contributed by atoms with van der Waals surface area (Å²) in [6.07, 6.45) is 1.83. The van der Waals surface area contributed by atoms with Crippen molar-refractivity contribution in [1.82, 2.24) is 9.97 Å². The molecule has 0 spiro atoms. The lowest BCUT2D eigenvalue weighted by atomic mass is 10.1. The van der Waals surface area contributed by atoms with E-state index in [2.05, 4.69) is 11.1 Å². The standard InChI is InChI=1S/C19H21FN4OS/c1-12-8-16(18-11-21-19(26-18)23(2)3)22-15-10-14(20)17(9-13(12)15)24-4-6-25-7-5-24/h8-11H,4-7H2,1-3H3. The molecule has 1 aliphatic rings. The maximum atomic E-state index is 14.7. The number of fused-ring (bicyclic) bond motifs is 1. The number of nitrogens with zero attached hydrogens (tertiary/aromatic N) is 4. The van der Waals surface area contributed by atoms with Gasteiger partial charge in [0.1, 0.15) is 5.82 Å². The zero-order valence-electron chi connectivity index (χ0n) is 15.1. The Morgan fingerprint density at radius 3 is 2.65 bits per heavy atom. The van der Waals surface area contributed by atoms with Gasteiger partial charge in [-0.15, -0.1) is 0 Å². The first kappa shape index (κ1) is 17.2. The van der Waals surface area contributed by atoms with Crippen LogP contribution in [0.3, 0.4) is 0 Å². The number of hydrogen-bond acceptors (Lipinski definition) is 6. The van der Waals surface area contributed by atoms with Gasteiger partial charge in [0.25, 0.3) is 0 Å². The molecule has 5 nitrogen and oxygen atoms in total. The maximum absolute atomic E-state index is 14.7. The molecule has 1 aromatic carbocycles. The number of anilines is 2. The lowest BCUT2D eigenvalue weighted by Crippen LogP contribution is -2.36. The molecule has 0 bridgehead atoms. The fourth-order valence-electron chi connectivity index (χ4n) is 3.17. The zero-order valence-corrected chi connectivity index (χ0v) is 15.9. The number of halogens is 1. The number of ether oxygens (including phenoxy) is 1. The summed E-state index contributed by atoms with van der Waals surface area (Å²) in [4.78, 5) is 14.1. The van der Waals surface area contributed by atoms with Crippen LogP contribution in [0.2, 0.25) is 0 Å². The molecular weight excluding hydrogens is 351 g/mol. The van der Waals surface area contributed by atoms with E-state index in [0.29, 0.717) is 37.5 Å². The van der Waals surface area contributed by atoms with E-state index in [1.165, 1.54) is 0 Å². The van der Waals surface area contributed by atoms with Gasteiger partial charge in [-0.25, -0.2) is 14.4 Å². The van der Waals surface area contributed by atoms with Gasteiger partial charge in [0.05, 0.1) is 35.0 Å². The molecule has 0 unspecified atom stereocenters. The summed E-state index contributed by atoms with van der Waals surface area (Å²) in [6, 6.07) is 5.51. The molecule has 7 heteroatoms. The van der Waals surface area contributed by atoms with Crippen molar-refractivity contribution in [3.8, 4) is 10.6 Å². The third-order valence-corrected chi connectivity index (χ3v) is 5.75. The van der Waals surface area contributed by atoms with Crippen molar-refractivity contribution in [2.24, 2.45) is 0 Å². The lowest BCUT2D eigenvalue weighted by molar-refractivity contribution is 0.122. The Morgan fingerprint density at radius 1 is 1.19 bits per heavy atom. The molecule has 0 radical (unpaired) electrons. The topological polar surface area (TPSA) is 41.5 Å². The van der Waals surface area contributed by atoms with E-state index in [1.807, 2.05) is 43.1 Å². The highest BCUT2D eigenvalue weighted by Gasteiger charge is 2.18. The molecule has 3 heterocycles. The number of hydrogen-bond donors (Lipinski definition) is 0. The van der Waals surface area contributed by atoms with Crippen molar-refractivity contribution in [3.05, 3.63) is 35.8 Å². The fraction of sp³-hybridized carbons (Fsp3) is 0.368. The molecular formula is C19H21FN4OS. The number of aryl methyl sites for hydroxylation is 1. The van der Waals surface area contributed by atoms with Crippen LogP contribution in [-0.4, -0.2) is 50.4 Å². The number of benzene rings is 1. The van der Waals surface area contributed by atoms with Crippen LogP contribution in [0.25, 0.3) is 21.5 Å². The Labute approximate surface area is 156 Å². The first-order valence-corrected chi connectivity index (χ1v) is 9.41. The minimum absolute atomic E-state index is 0.235. The van der Waals surface area contributed by atoms with Crippen molar-refractivity contribution >= 4 is 33.1 Å². The molecule has 0 aliphatic carbocycles. The van der Waals surface area contributed by atoms with E-state index in [0.717, 1.165) is 26.7 Å². The van der Waals surface area contributed by atoms with Crippen molar-refractivity contribution in [2.45, 2.75) is 6.92 Å². The molecule has 1 saturated heterocycles. The Hall–Kier alpha value is -2.25. The average Bonchev–Trinajstić information content (AvgIpc) is 3.12. The highest BCUT2D eigenvalue weighted by molar-refractivity contribution is 7.18. The van der Waals surface area contributed by atoms with E-state index in [9.17, 15) is 4.39 Å². The zero-order chi connectivity index (χ0) is 18.3. The third-order valence-electron chi connectivity index (χ3n) is 4.56. The summed E-state index contributed by atoms with van der Waals surface area (Å²) in [5, 5.41) is 1.90. The highest BCUT2D eigenvalue weighted by Crippen LogP contribution is 2.33. The molecule has 136 valence electrons. The Morgan fingerprint density at radius 2 is 1.96 bits per heavy atom. The SMILES string of the molecule is Cc1cc(-c2cnc(N(C)C)s2)nc2cc(F)c(N3CCOCC3)cc12. The van der Waals surface area contributed by atoms with E-state index in [4.69, 9.17) is 9.72 Å². The van der Waals surface area contributed by atoms with Gasteiger partial charge in [-0.05, 0) is 24.6 Å². The molecule has 3 aromatic rings. The van der Waals surface area contributed by atoms with Crippen LogP contribution in [0.4, 0.5) is 15.2 Å². The van der Waals surface area contributed by atoms with Crippen LogP contribution in [0.15, 0.2) is 24.4 Å². The van der Waals surface area contributed by atoms with Crippen LogP contribution < -0.4 is 9.80 Å². The first-order chi connectivity index (χ1) is 12.5. The van der Waals surface area contributed by atoms with Gasteiger partial charge in [0.15, 0.2) is 5.13 Å². The molecule has 26 heavy (non-hydrogen) atoms. The van der Waals surface area contributed by atoms with Gasteiger partial charge in [-0.3, -0.25) is 0 Å². The minimum atomic E-state index is -0.235. The van der Waals surface area contributed by atoms with E-state index in [-0.39, 0.29) is 5.82 Å². The van der Waals surface area contributed by atoms with Gasteiger partial charge in [0.2, 0.25) is 0 Å². The summed E-state index contributed by atoms with van der Waals surface area (Å²) in [5.74, 6) is -0.235. The predicted octanol–water partition coefficient (Wildman–Crippen LogP) is 3.71. The molecule has 4 rings (SSSR count). The Balaban J connectivity index is 1.77. The maximum Gasteiger partial charge on any atom is 0.185 e. The molecule has 1 aliphatic heterocycles. The average molecular weight is 372 g/mol. The Kier molecular flexibility index (Phi) is 4.50. The number of aromatic nitrogens is 2. The van der Waals surface area contributed by atoms with Gasteiger partial charge >= 0.3 is 0 Å². The number of pyridine rings is 1. The summed E-state index contributed by atoms with van der Waals surface area (Å²) in [6.45, 7) is 4.73. The quantitative estimate of drug-likeness (QED) is 0.701. The van der Waals surface area contributed by atoms with Gasteiger partial charge in [0, 0.05) is 44.8 Å². The fourth-order valence-corrected chi connectivity index (χ4v) is 3.97. The Bertz CT molecular complexity index is 950. The second-order valence-electron chi connectivity index (χ2n) is 6.65. The van der Waals surface area contributed by atoms with Crippen LogP contribution in [0, 0.1) is 12.7 Å². The van der Waals surface area contributed by atoms with Crippen LogP contribution >= 0.6 is 11.3 Å². The number of thiazole rings is 1. The summed E-state index contributed by atoms with van der Waals surface area (Å²) in [5.41, 5.74) is 3.22. The van der Waals surface area contributed by atoms with Crippen LogP contribution in [-0.2, 0) is 4.74 Å². The monoisotopic (exact) mass is 372 g/mol. The lowest BCUT2D eigenvalue weighted by Gasteiger charge is -2.29. The van der Waals surface area contributed by atoms with E-state index < -0.39 is 0 Å². The van der Waals surface area contributed by atoms with E-state index in [1.54, 1.807) is 17.4 Å². The van der Waals surface area contributed by atoms with Crippen molar-refractivity contribution in [1.29, 1.82) is 0 Å². The van der Waals surface area contributed by atoms with Gasteiger partial charge in [-0.2, -0.15) is 0 Å². The summed E-state index contributed by atoms with van der Waals surface area (Å²) >= 11 is 1.58. The van der Waals surface area contributed by atoms with Gasteiger partial charge < -0.3 is 14.5 Å². The van der Waals surface area contributed by atoms with Crippen molar-refractivity contribution in [2.75, 3.05) is 50.2 Å². The highest BCUT2D eigenvalue weighted by atomic mass is 32.1. The molecule has 1 fully saturated rings. The molecule has 2 aromatic heterocycles. The largest absolute Gasteiger partial charge is 0.378 e. The molecule has 0 amide bonds. The second-order valence-corrected chi connectivity index (χ2v) is 7.66. The predicted molar refractivity (Wildman–Crippen MR) is 105 cm³/mol. The molecule has 0 atom stereocenters. The van der Waals surface area contributed by atoms with E-state index >= 15 is 0 Å². The van der Waals surface area contributed by atoms with Gasteiger partial charge in [-0.1, -0.05) is 11.3 Å². The molecule has 0 saturated carbocycles. The summed E-state index contributed by atoms with van der Waals surface area (Å²) < 4.78 is 20.1.